The molecule has 0 spiro atoms. The normalized spacial score (nSPS) is 56.2. The van der Waals surface area contributed by atoms with Crippen LogP contribution < -0.4 is 0 Å². The average molecular weight is 246 g/mol. The van der Waals surface area contributed by atoms with Gasteiger partial charge < -0.3 is 0 Å². The predicted molar refractivity (Wildman–Crippen MR) is 81.2 cm³/mol. The molecule has 2 aliphatic carbocycles. The second-order valence-corrected chi connectivity index (χ2v) is 8.45. The molecule has 2 saturated carbocycles. The Labute approximate surface area is 114 Å². The lowest BCUT2D eigenvalue weighted by molar-refractivity contribution is 0.122. The summed E-state index contributed by atoms with van der Waals surface area (Å²) in [6.07, 6.45) is 6.07. The number of fused-ring (bicyclic) bond motifs is 3. The molecule has 0 aromatic carbocycles. The van der Waals surface area contributed by atoms with Crippen molar-refractivity contribution in [3.05, 3.63) is 0 Å². The van der Waals surface area contributed by atoms with Crippen LogP contribution in [-0.2, 0) is 0 Å². The van der Waals surface area contributed by atoms with Gasteiger partial charge in [0.15, 0.2) is 0 Å². The summed E-state index contributed by atoms with van der Waals surface area (Å²) >= 11 is 0. The van der Waals surface area contributed by atoms with Gasteiger partial charge in [-0.1, -0.05) is 46.2 Å². The topological polar surface area (TPSA) is 0 Å². The van der Waals surface area contributed by atoms with Crippen molar-refractivity contribution >= 4 is 6.71 Å². The van der Waals surface area contributed by atoms with Gasteiger partial charge in [0.25, 0.3) is 0 Å². The summed E-state index contributed by atoms with van der Waals surface area (Å²) in [5, 5.41) is 0. The van der Waals surface area contributed by atoms with Crippen molar-refractivity contribution in [2.45, 2.75) is 71.8 Å². The van der Waals surface area contributed by atoms with Crippen LogP contribution in [0.5, 0.6) is 0 Å². The van der Waals surface area contributed by atoms with Crippen LogP contribution in [0.3, 0.4) is 0 Å². The molecule has 0 aromatic rings. The number of hydrogen-bond donors (Lipinski definition) is 0. The molecule has 0 amide bonds. The van der Waals surface area contributed by atoms with E-state index in [0.717, 1.165) is 53.9 Å². The van der Waals surface area contributed by atoms with E-state index in [4.69, 9.17) is 0 Å². The maximum atomic E-state index is 2.60. The predicted octanol–water partition coefficient (Wildman–Crippen LogP) is 5.23. The summed E-state index contributed by atoms with van der Waals surface area (Å²) < 4.78 is 0. The molecule has 3 aliphatic rings. The van der Waals surface area contributed by atoms with Gasteiger partial charge in [-0.05, 0) is 61.2 Å². The molecule has 3 fully saturated rings. The third kappa shape index (κ3) is 1.88. The van der Waals surface area contributed by atoms with Crippen molar-refractivity contribution in [2.24, 2.45) is 35.5 Å². The first-order valence-corrected chi connectivity index (χ1v) is 8.49. The molecule has 0 radical (unpaired) electrons. The smallest absolute Gasteiger partial charge is 0.0856 e. The Balaban J connectivity index is 1.89. The van der Waals surface area contributed by atoms with Gasteiger partial charge in [-0.25, -0.2) is 0 Å². The Kier molecular flexibility index (Phi) is 3.31. The average Bonchev–Trinajstić information content (AvgIpc) is 2.52. The second-order valence-electron chi connectivity index (χ2n) is 8.45. The van der Waals surface area contributed by atoms with E-state index in [2.05, 4.69) is 34.5 Å². The molecule has 1 aliphatic heterocycles. The highest BCUT2D eigenvalue weighted by molar-refractivity contribution is 6.62. The third-order valence-electron chi connectivity index (χ3n) is 6.96. The summed E-state index contributed by atoms with van der Waals surface area (Å²) in [7, 11) is 0. The van der Waals surface area contributed by atoms with Crippen LogP contribution in [0.1, 0.15) is 53.4 Å². The Hall–Kier alpha value is 0.0649. The quantitative estimate of drug-likeness (QED) is 0.513. The summed E-state index contributed by atoms with van der Waals surface area (Å²) in [6.45, 7) is 13.7. The zero-order valence-corrected chi connectivity index (χ0v) is 13.0. The highest BCUT2D eigenvalue weighted by atomic mass is 14.5. The molecule has 3 rings (SSSR count). The Morgan fingerprint density at radius 2 is 1.06 bits per heavy atom. The van der Waals surface area contributed by atoms with Gasteiger partial charge in [0.05, 0.1) is 0 Å². The van der Waals surface area contributed by atoms with Gasteiger partial charge >= 0.3 is 0 Å². The van der Waals surface area contributed by atoms with Gasteiger partial charge in [-0.2, -0.15) is 0 Å². The fourth-order valence-electron chi connectivity index (χ4n) is 6.86. The molecule has 8 atom stereocenters. The molecular formula is C17H31B. The van der Waals surface area contributed by atoms with Crippen molar-refractivity contribution in [3.8, 4) is 0 Å². The van der Waals surface area contributed by atoms with E-state index >= 15 is 0 Å². The van der Waals surface area contributed by atoms with Crippen LogP contribution in [0.4, 0.5) is 0 Å². The fraction of sp³-hybridized carbons (Fsp3) is 1.00. The van der Waals surface area contributed by atoms with Crippen molar-refractivity contribution in [1.29, 1.82) is 0 Å². The number of hydrogen-bond acceptors (Lipinski definition) is 0. The first-order chi connectivity index (χ1) is 8.49. The zero-order valence-electron chi connectivity index (χ0n) is 13.0. The van der Waals surface area contributed by atoms with Gasteiger partial charge in [-0.3, -0.25) is 0 Å². The standard InChI is InChI=1S/C17H31B/c1-10-6-12(3)16-14(8-10)15-9-11(2)7-13(4)17(15)18(16)5/h10-17H,6-9H2,1-5H3. The summed E-state index contributed by atoms with van der Waals surface area (Å²) in [4.78, 5) is 0. The van der Waals surface area contributed by atoms with Crippen molar-refractivity contribution in [1.82, 2.24) is 0 Å². The van der Waals surface area contributed by atoms with Crippen molar-refractivity contribution < 1.29 is 0 Å². The van der Waals surface area contributed by atoms with Crippen LogP contribution in [0.15, 0.2) is 0 Å². The van der Waals surface area contributed by atoms with E-state index in [-0.39, 0.29) is 0 Å². The molecule has 0 aromatic heterocycles. The zero-order chi connectivity index (χ0) is 13.0. The SMILES string of the molecule is CB1C2C(C)CC(C)CC2C2CC(C)CC(C)C12. The van der Waals surface area contributed by atoms with Crippen LogP contribution >= 0.6 is 0 Å². The minimum atomic E-state index is 0.986. The van der Waals surface area contributed by atoms with E-state index in [0.29, 0.717) is 0 Å². The van der Waals surface area contributed by atoms with Crippen LogP contribution in [-0.4, -0.2) is 6.71 Å². The molecule has 1 saturated heterocycles. The van der Waals surface area contributed by atoms with E-state index < -0.39 is 0 Å². The van der Waals surface area contributed by atoms with Crippen LogP contribution in [0.25, 0.3) is 0 Å². The van der Waals surface area contributed by atoms with Gasteiger partial charge in [0, 0.05) is 0 Å². The monoisotopic (exact) mass is 246 g/mol. The Morgan fingerprint density at radius 1 is 0.667 bits per heavy atom. The maximum Gasteiger partial charge on any atom is 0.144 e. The van der Waals surface area contributed by atoms with Crippen molar-refractivity contribution in [3.63, 3.8) is 0 Å². The minimum Gasteiger partial charge on any atom is -0.0856 e. The van der Waals surface area contributed by atoms with Crippen molar-refractivity contribution in [2.75, 3.05) is 0 Å². The lowest BCUT2D eigenvalue weighted by Crippen LogP contribution is -2.30. The van der Waals surface area contributed by atoms with E-state index in [1.54, 1.807) is 12.8 Å². The van der Waals surface area contributed by atoms with Gasteiger partial charge in [0.1, 0.15) is 6.71 Å². The first kappa shape index (κ1) is 13.1. The van der Waals surface area contributed by atoms with Crippen LogP contribution in [0, 0.1) is 35.5 Å². The summed E-state index contributed by atoms with van der Waals surface area (Å²) in [5.41, 5.74) is 0. The molecular weight excluding hydrogens is 215 g/mol. The largest absolute Gasteiger partial charge is 0.144 e. The molecule has 18 heavy (non-hydrogen) atoms. The first-order valence-electron chi connectivity index (χ1n) is 8.49. The summed E-state index contributed by atoms with van der Waals surface area (Å²) in [5.74, 6) is 8.22. The lowest BCUT2D eigenvalue weighted by Gasteiger charge is -2.41. The van der Waals surface area contributed by atoms with E-state index in [1.165, 1.54) is 12.8 Å². The molecule has 0 nitrogen and oxygen atoms in total. The molecule has 8 unspecified atom stereocenters. The maximum absolute atomic E-state index is 2.60. The van der Waals surface area contributed by atoms with Crippen LogP contribution in [0.2, 0.25) is 18.5 Å². The molecule has 102 valence electrons. The molecule has 0 N–H and O–H groups in total. The minimum absolute atomic E-state index is 0.986. The summed E-state index contributed by atoms with van der Waals surface area (Å²) in [6, 6.07) is 0. The second kappa shape index (κ2) is 4.56. The van der Waals surface area contributed by atoms with Gasteiger partial charge in [0.2, 0.25) is 0 Å². The van der Waals surface area contributed by atoms with E-state index in [1.807, 2.05) is 0 Å². The molecule has 0 bridgehead atoms. The highest BCUT2D eigenvalue weighted by Gasteiger charge is 2.56. The fourth-order valence-corrected chi connectivity index (χ4v) is 6.86. The highest BCUT2D eigenvalue weighted by Crippen LogP contribution is 2.63. The lowest BCUT2D eigenvalue weighted by atomic mass is 9.33. The molecule has 1 heterocycles. The Bertz CT molecular complexity index is 283. The molecule has 1 heteroatoms. The third-order valence-corrected chi connectivity index (χ3v) is 6.96. The Morgan fingerprint density at radius 3 is 1.44 bits per heavy atom. The van der Waals surface area contributed by atoms with E-state index in [9.17, 15) is 0 Å². The van der Waals surface area contributed by atoms with Gasteiger partial charge in [-0.15, -0.1) is 0 Å². The number of rotatable bonds is 0.